The molecule has 0 spiro atoms. The van der Waals surface area contributed by atoms with Crippen molar-refractivity contribution in [2.75, 3.05) is 20.8 Å². The lowest BCUT2D eigenvalue weighted by molar-refractivity contribution is -0.144. The molecule has 1 atom stereocenters. The van der Waals surface area contributed by atoms with Crippen LogP contribution in [0.5, 0.6) is 0 Å². The Hall–Kier alpha value is -1.10. The first-order valence-electron chi connectivity index (χ1n) is 5.22. The third kappa shape index (κ3) is 4.73. The number of halogens is 1. The van der Waals surface area contributed by atoms with E-state index < -0.39 is 6.04 Å². The zero-order valence-corrected chi connectivity index (χ0v) is 10.7. The number of benzene rings is 1. The Balaban J connectivity index is 2.51. The smallest absolute Gasteiger partial charge is 0.325 e. The maximum atomic E-state index is 11.4. The van der Waals surface area contributed by atoms with E-state index >= 15 is 0 Å². The van der Waals surface area contributed by atoms with Crippen LogP contribution in [-0.2, 0) is 20.8 Å². The molecular formula is C12H16ClNO3. The van der Waals surface area contributed by atoms with Crippen molar-refractivity contribution >= 4 is 17.6 Å². The minimum Gasteiger partial charge on any atom is -0.468 e. The van der Waals surface area contributed by atoms with Gasteiger partial charge in [0, 0.05) is 18.7 Å². The summed E-state index contributed by atoms with van der Waals surface area (Å²) >= 11 is 5.78. The predicted molar refractivity (Wildman–Crippen MR) is 66.0 cm³/mol. The van der Waals surface area contributed by atoms with Gasteiger partial charge in [0.15, 0.2) is 0 Å². The minimum absolute atomic E-state index is 0.278. The van der Waals surface area contributed by atoms with Gasteiger partial charge in [-0.15, -0.1) is 0 Å². The minimum atomic E-state index is -0.458. The fraction of sp³-hybridized carbons (Fsp3) is 0.417. The highest BCUT2D eigenvalue weighted by atomic mass is 35.5. The molecule has 0 heterocycles. The van der Waals surface area contributed by atoms with Crippen molar-refractivity contribution in [1.82, 2.24) is 5.32 Å². The van der Waals surface area contributed by atoms with Crippen molar-refractivity contribution in [3.8, 4) is 0 Å². The number of nitrogens with one attached hydrogen (secondary N) is 1. The standard InChI is InChI=1S/C12H16ClNO3/c1-16-8-11(12(15)17-2)14-7-9-3-5-10(13)6-4-9/h3-6,11,14H,7-8H2,1-2H3. The van der Waals surface area contributed by atoms with Gasteiger partial charge in [-0.3, -0.25) is 10.1 Å². The van der Waals surface area contributed by atoms with Crippen molar-refractivity contribution in [3.63, 3.8) is 0 Å². The van der Waals surface area contributed by atoms with E-state index in [0.29, 0.717) is 11.6 Å². The van der Waals surface area contributed by atoms with Gasteiger partial charge in [0.05, 0.1) is 13.7 Å². The first-order chi connectivity index (χ1) is 8.17. The second kappa shape index (κ2) is 7.27. The summed E-state index contributed by atoms with van der Waals surface area (Å²) in [7, 11) is 2.90. The Morgan fingerprint density at radius 1 is 1.35 bits per heavy atom. The molecule has 1 aromatic rings. The van der Waals surface area contributed by atoms with E-state index in [1.807, 2.05) is 24.3 Å². The van der Waals surface area contributed by atoms with E-state index in [1.165, 1.54) is 7.11 Å². The number of rotatable bonds is 6. The Kier molecular flexibility index (Phi) is 5.97. The highest BCUT2D eigenvalue weighted by molar-refractivity contribution is 6.30. The summed E-state index contributed by atoms with van der Waals surface area (Å²) in [4.78, 5) is 11.4. The Bertz CT molecular complexity index is 353. The van der Waals surface area contributed by atoms with Crippen LogP contribution in [0.1, 0.15) is 5.56 Å². The van der Waals surface area contributed by atoms with Crippen molar-refractivity contribution in [3.05, 3.63) is 34.9 Å². The monoisotopic (exact) mass is 257 g/mol. The largest absolute Gasteiger partial charge is 0.468 e. The third-order valence-corrected chi connectivity index (χ3v) is 2.54. The highest BCUT2D eigenvalue weighted by Gasteiger charge is 2.17. The summed E-state index contributed by atoms with van der Waals surface area (Å²) in [5.41, 5.74) is 1.04. The zero-order valence-electron chi connectivity index (χ0n) is 9.90. The normalized spacial score (nSPS) is 12.2. The summed E-state index contributed by atoms with van der Waals surface area (Å²) in [6.45, 7) is 0.834. The lowest BCUT2D eigenvalue weighted by Gasteiger charge is -2.15. The van der Waals surface area contributed by atoms with Crippen LogP contribution in [-0.4, -0.2) is 32.8 Å². The maximum absolute atomic E-state index is 11.4. The Labute approximate surface area is 106 Å². The molecule has 0 bridgehead atoms. The molecule has 0 fully saturated rings. The summed E-state index contributed by atoms with van der Waals surface area (Å²) in [5.74, 6) is -0.333. The second-order valence-electron chi connectivity index (χ2n) is 3.54. The van der Waals surface area contributed by atoms with Gasteiger partial charge in [0.25, 0.3) is 0 Å². The molecule has 0 saturated heterocycles. The van der Waals surface area contributed by atoms with Crippen molar-refractivity contribution < 1.29 is 14.3 Å². The second-order valence-corrected chi connectivity index (χ2v) is 3.97. The van der Waals surface area contributed by atoms with Crippen LogP contribution < -0.4 is 5.32 Å². The molecule has 0 saturated carbocycles. The molecule has 1 aromatic carbocycles. The Morgan fingerprint density at radius 3 is 2.53 bits per heavy atom. The van der Waals surface area contributed by atoms with E-state index in [2.05, 4.69) is 10.1 Å². The Morgan fingerprint density at radius 2 is 2.00 bits per heavy atom. The van der Waals surface area contributed by atoms with Crippen molar-refractivity contribution in [2.24, 2.45) is 0 Å². The molecule has 5 heteroatoms. The highest BCUT2D eigenvalue weighted by Crippen LogP contribution is 2.09. The van der Waals surface area contributed by atoms with E-state index in [9.17, 15) is 4.79 Å². The molecule has 1 N–H and O–H groups in total. The van der Waals surface area contributed by atoms with Gasteiger partial charge in [0.1, 0.15) is 6.04 Å². The summed E-state index contributed by atoms with van der Waals surface area (Å²) in [5, 5.41) is 3.75. The average Bonchev–Trinajstić information content (AvgIpc) is 2.35. The van der Waals surface area contributed by atoms with Crippen LogP contribution in [0.3, 0.4) is 0 Å². The van der Waals surface area contributed by atoms with Crippen LogP contribution in [0, 0.1) is 0 Å². The molecular weight excluding hydrogens is 242 g/mol. The molecule has 1 unspecified atom stereocenters. The van der Waals surface area contributed by atoms with E-state index in [-0.39, 0.29) is 12.6 Å². The van der Waals surface area contributed by atoms with Gasteiger partial charge in [-0.05, 0) is 17.7 Å². The first kappa shape index (κ1) is 14.0. The molecule has 17 heavy (non-hydrogen) atoms. The van der Waals surface area contributed by atoms with E-state index in [0.717, 1.165) is 5.56 Å². The van der Waals surface area contributed by atoms with E-state index in [1.54, 1.807) is 7.11 Å². The fourth-order valence-corrected chi connectivity index (χ4v) is 1.49. The number of hydrogen-bond donors (Lipinski definition) is 1. The number of methoxy groups -OCH3 is 2. The lowest BCUT2D eigenvalue weighted by atomic mass is 10.2. The van der Waals surface area contributed by atoms with Crippen LogP contribution in [0.15, 0.2) is 24.3 Å². The van der Waals surface area contributed by atoms with Gasteiger partial charge in [-0.2, -0.15) is 0 Å². The average molecular weight is 258 g/mol. The van der Waals surface area contributed by atoms with Gasteiger partial charge in [0.2, 0.25) is 0 Å². The fourth-order valence-electron chi connectivity index (χ4n) is 1.36. The van der Waals surface area contributed by atoms with Gasteiger partial charge in [-0.25, -0.2) is 0 Å². The molecule has 94 valence electrons. The molecule has 0 aliphatic carbocycles. The van der Waals surface area contributed by atoms with Crippen LogP contribution >= 0.6 is 11.6 Å². The topological polar surface area (TPSA) is 47.6 Å². The summed E-state index contributed by atoms with van der Waals surface area (Å²) < 4.78 is 9.62. The third-order valence-electron chi connectivity index (χ3n) is 2.28. The summed E-state index contributed by atoms with van der Waals surface area (Å²) in [6.07, 6.45) is 0. The van der Waals surface area contributed by atoms with Crippen LogP contribution in [0.2, 0.25) is 5.02 Å². The van der Waals surface area contributed by atoms with Gasteiger partial charge >= 0.3 is 5.97 Å². The van der Waals surface area contributed by atoms with E-state index in [4.69, 9.17) is 16.3 Å². The van der Waals surface area contributed by atoms with Gasteiger partial charge in [-0.1, -0.05) is 23.7 Å². The molecule has 1 rings (SSSR count). The maximum Gasteiger partial charge on any atom is 0.325 e. The molecule has 0 aromatic heterocycles. The number of carbonyl (C=O) groups excluding carboxylic acids is 1. The van der Waals surface area contributed by atoms with Crippen molar-refractivity contribution in [2.45, 2.75) is 12.6 Å². The SMILES string of the molecule is COCC(NCc1ccc(Cl)cc1)C(=O)OC. The first-order valence-corrected chi connectivity index (χ1v) is 5.59. The van der Waals surface area contributed by atoms with Gasteiger partial charge < -0.3 is 9.47 Å². The quantitative estimate of drug-likeness (QED) is 0.787. The van der Waals surface area contributed by atoms with Crippen LogP contribution in [0.25, 0.3) is 0 Å². The van der Waals surface area contributed by atoms with Crippen LogP contribution in [0.4, 0.5) is 0 Å². The number of hydrogen-bond acceptors (Lipinski definition) is 4. The molecule has 0 amide bonds. The number of carbonyl (C=O) groups is 1. The molecule has 0 radical (unpaired) electrons. The van der Waals surface area contributed by atoms with Crippen molar-refractivity contribution in [1.29, 1.82) is 0 Å². The number of ether oxygens (including phenoxy) is 2. The zero-order chi connectivity index (χ0) is 12.7. The molecule has 4 nitrogen and oxygen atoms in total. The predicted octanol–water partition coefficient (Wildman–Crippen LogP) is 1.62. The molecule has 0 aliphatic rings. The number of esters is 1. The lowest BCUT2D eigenvalue weighted by Crippen LogP contribution is -2.40. The molecule has 0 aliphatic heterocycles. The summed E-state index contributed by atoms with van der Waals surface area (Å²) in [6, 6.07) is 6.96.